The Labute approximate surface area is 124 Å². The second-order valence-electron chi connectivity index (χ2n) is 4.91. The molecule has 1 atom stereocenters. The second kappa shape index (κ2) is 7.45. The Bertz CT molecular complexity index is 565. The van der Waals surface area contributed by atoms with Crippen molar-refractivity contribution in [1.82, 2.24) is 5.32 Å². The van der Waals surface area contributed by atoms with Gasteiger partial charge in [0.05, 0.1) is 0 Å². The van der Waals surface area contributed by atoms with Gasteiger partial charge in [-0.1, -0.05) is 42.5 Å². The Kier molecular flexibility index (Phi) is 5.35. The van der Waals surface area contributed by atoms with E-state index in [0.29, 0.717) is 12.3 Å². The second-order valence-corrected chi connectivity index (χ2v) is 4.91. The molecule has 0 fully saturated rings. The molecule has 0 aliphatic rings. The molecule has 3 N–H and O–H groups in total. The van der Waals surface area contributed by atoms with Crippen molar-refractivity contribution >= 4 is 5.91 Å². The lowest BCUT2D eigenvalue weighted by Crippen LogP contribution is -2.28. The summed E-state index contributed by atoms with van der Waals surface area (Å²) in [6.45, 7) is 2.43. The Morgan fingerprint density at radius 3 is 2.43 bits per heavy atom. The van der Waals surface area contributed by atoms with Crippen LogP contribution in [0.1, 0.15) is 24.1 Å². The van der Waals surface area contributed by atoms with E-state index >= 15 is 0 Å². The van der Waals surface area contributed by atoms with Crippen molar-refractivity contribution in [3.05, 3.63) is 65.7 Å². The van der Waals surface area contributed by atoms with Crippen molar-refractivity contribution in [1.29, 1.82) is 0 Å². The molecule has 0 aromatic heterocycles. The molecular weight excluding hydrogens is 264 g/mol. The summed E-state index contributed by atoms with van der Waals surface area (Å²) in [6.07, 6.45) is 0. The number of hydrogen-bond acceptors (Lipinski definition) is 3. The Balaban J connectivity index is 1.76. The highest BCUT2D eigenvalue weighted by Crippen LogP contribution is 2.15. The van der Waals surface area contributed by atoms with E-state index in [1.54, 1.807) is 0 Å². The zero-order chi connectivity index (χ0) is 15.1. The number of rotatable bonds is 6. The zero-order valence-electron chi connectivity index (χ0n) is 12.1. The molecule has 0 bridgehead atoms. The van der Waals surface area contributed by atoms with E-state index in [4.69, 9.17) is 10.5 Å². The van der Waals surface area contributed by atoms with Crippen LogP contribution in [-0.4, -0.2) is 12.5 Å². The number of nitrogens with two attached hydrogens (primary N) is 1. The number of nitrogens with one attached hydrogen (secondary N) is 1. The van der Waals surface area contributed by atoms with Gasteiger partial charge in [-0.15, -0.1) is 0 Å². The van der Waals surface area contributed by atoms with E-state index in [1.807, 2.05) is 61.5 Å². The molecular formula is C17H20N2O2. The van der Waals surface area contributed by atoms with E-state index in [2.05, 4.69) is 5.32 Å². The fourth-order valence-electron chi connectivity index (χ4n) is 1.86. The van der Waals surface area contributed by atoms with E-state index in [-0.39, 0.29) is 18.6 Å². The third kappa shape index (κ3) is 4.93. The fraction of sp³-hybridized carbons (Fsp3) is 0.235. The van der Waals surface area contributed by atoms with Crippen LogP contribution in [0.25, 0.3) is 0 Å². The largest absolute Gasteiger partial charge is 0.484 e. The number of amides is 1. The third-order valence-corrected chi connectivity index (χ3v) is 3.11. The lowest BCUT2D eigenvalue weighted by molar-refractivity contribution is -0.123. The van der Waals surface area contributed by atoms with E-state index in [9.17, 15) is 4.79 Å². The van der Waals surface area contributed by atoms with Crippen LogP contribution in [-0.2, 0) is 11.3 Å². The normalized spacial score (nSPS) is 11.7. The SMILES string of the molecule is CC(N)c1ccc(OCC(=O)NCc2ccccc2)cc1. The van der Waals surface area contributed by atoms with Gasteiger partial charge >= 0.3 is 0 Å². The van der Waals surface area contributed by atoms with Gasteiger partial charge in [0.25, 0.3) is 5.91 Å². The van der Waals surface area contributed by atoms with Crippen molar-refractivity contribution in [3.8, 4) is 5.75 Å². The highest BCUT2D eigenvalue weighted by Gasteiger charge is 2.04. The lowest BCUT2D eigenvalue weighted by Gasteiger charge is -2.09. The summed E-state index contributed by atoms with van der Waals surface area (Å²) in [5.41, 5.74) is 7.88. The van der Waals surface area contributed by atoms with Gasteiger partial charge in [-0.05, 0) is 30.2 Å². The fourth-order valence-corrected chi connectivity index (χ4v) is 1.86. The highest BCUT2D eigenvalue weighted by atomic mass is 16.5. The lowest BCUT2D eigenvalue weighted by atomic mass is 10.1. The molecule has 2 aromatic rings. The summed E-state index contributed by atoms with van der Waals surface area (Å²) in [5.74, 6) is 0.518. The minimum absolute atomic E-state index is 0.00432. The molecule has 1 amide bonds. The molecule has 0 aliphatic carbocycles. The quantitative estimate of drug-likeness (QED) is 0.856. The summed E-state index contributed by atoms with van der Waals surface area (Å²) < 4.78 is 5.44. The van der Waals surface area contributed by atoms with Crippen molar-refractivity contribution < 1.29 is 9.53 Å². The average molecular weight is 284 g/mol. The van der Waals surface area contributed by atoms with Gasteiger partial charge in [-0.3, -0.25) is 4.79 Å². The molecule has 0 heterocycles. The van der Waals surface area contributed by atoms with Crippen molar-refractivity contribution in [2.45, 2.75) is 19.5 Å². The summed E-state index contributed by atoms with van der Waals surface area (Å²) >= 11 is 0. The van der Waals surface area contributed by atoms with Crippen molar-refractivity contribution in [2.75, 3.05) is 6.61 Å². The predicted octanol–water partition coefficient (Wildman–Crippen LogP) is 2.40. The minimum atomic E-state index is -0.143. The molecule has 2 aromatic carbocycles. The van der Waals surface area contributed by atoms with Crippen LogP contribution in [0.3, 0.4) is 0 Å². The number of carbonyl (C=O) groups excluding carboxylic acids is 1. The van der Waals surface area contributed by atoms with Crippen molar-refractivity contribution in [3.63, 3.8) is 0 Å². The van der Waals surface area contributed by atoms with Crippen LogP contribution in [0, 0.1) is 0 Å². The number of ether oxygens (including phenoxy) is 1. The van der Waals surface area contributed by atoms with Crippen LogP contribution in [0.4, 0.5) is 0 Å². The monoisotopic (exact) mass is 284 g/mol. The maximum absolute atomic E-state index is 11.7. The van der Waals surface area contributed by atoms with Gasteiger partial charge in [-0.25, -0.2) is 0 Å². The molecule has 4 heteroatoms. The standard InChI is InChI=1S/C17H20N2O2/c1-13(18)15-7-9-16(10-8-15)21-12-17(20)19-11-14-5-3-2-4-6-14/h2-10,13H,11-12,18H2,1H3,(H,19,20). The molecule has 0 spiro atoms. The van der Waals surface area contributed by atoms with E-state index < -0.39 is 0 Å². The first-order valence-corrected chi connectivity index (χ1v) is 6.94. The number of carbonyl (C=O) groups is 1. The average Bonchev–Trinajstić information content (AvgIpc) is 2.52. The summed E-state index contributed by atoms with van der Waals surface area (Å²) in [6, 6.07) is 17.2. The van der Waals surface area contributed by atoms with Crippen LogP contribution in [0.2, 0.25) is 0 Å². The summed E-state index contributed by atoms with van der Waals surface area (Å²) in [5, 5.41) is 2.81. The molecule has 0 saturated heterocycles. The Morgan fingerprint density at radius 1 is 1.14 bits per heavy atom. The smallest absolute Gasteiger partial charge is 0.258 e. The molecule has 4 nitrogen and oxygen atoms in total. The topological polar surface area (TPSA) is 64.3 Å². The first-order chi connectivity index (χ1) is 10.1. The highest BCUT2D eigenvalue weighted by molar-refractivity contribution is 5.77. The molecule has 0 aliphatic heterocycles. The third-order valence-electron chi connectivity index (χ3n) is 3.11. The summed E-state index contributed by atoms with van der Waals surface area (Å²) in [4.78, 5) is 11.7. The molecule has 0 saturated carbocycles. The van der Waals surface area contributed by atoms with Gasteiger partial charge in [0.1, 0.15) is 5.75 Å². The van der Waals surface area contributed by atoms with Gasteiger partial charge in [0.2, 0.25) is 0 Å². The van der Waals surface area contributed by atoms with Crippen LogP contribution < -0.4 is 15.8 Å². The van der Waals surface area contributed by atoms with Crippen LogP contribution in [0.5, 0.6) is 5.75 Å². The van der Waals surface area contributed by atoms with Crippen LogP contribution in [0.15, 0.2) is 54.6 Å². The Morgan fingerprint density at radius 2 is 1.81 bits per heavy atom. The molecule has 2 rings (SSSR count). The molecule has 0 radical (unpaired) electrons. The molecule has 21 heavy (non-hydrogen) atoms. The predicted molar refractivity (Wildman–Crippen MR) is 82.8 cm³/mol. The van der Waals surface area contributed by atoms with Gasteiger partial charge in [0.15, 0.2) is 6.61 Å². The maximum atomic E-state index is 11.7. The maximum Gasteiger partial charge on any atom is 0.258 e. The Hall–Kier alpha value is -2.33. The first-order valence-electron chi connectivity index (χ1n) is 6.94. The van der Waals surface area contributed by atoms with E-state index in [0.717, 1.165) is 11.1 Å². The molecule has 1 unspecified atom stereocenters. The first kappa shape index (κ1) is 15.1. The van der Waals surface area contributed by atoms with Crippen LogP contribution >= 0.6 is 0 Å². The number of benzene rings is 2. The van der Waals surface area contributed by atoms with Gasteiger partial charge < -0.3 is 15.8 Å². The van der Waals surface area contributed by atoms with Crippen molar-refractivity contribution in [2.24, 2.45) is 5.73 Å². The van der Waals surface area contributed by atoms with E-state index in [1.165, 1.54) is 0 Å². The van der Waals surface area contributed by atoms with Gasteiger partial charge in [0, 0.05) is 12.6 Å². The zero-order valence-corrected chi connectivity index (χ0v) is 12.1. The van der Waals surface area contributed by atoms with Gasteiger partial charge in [-0.2, -0.15) is 0 Å². The minimum Gasteiger partial charge on any atom is -0.484 e. The number of hydrogen-bond donors (Lipinski definition) is 2. The molecule has 110 valence electrons. The summed E-state index contributed by atoms with van der Waals surface area (Å²) in [7, 11) is 0.